The standard InChI is InChI=1S/C15H9FINO2/c1-8-2-4-10-11(6-8)15(20)18(14(10)19)13-5-3-9(16)7-12(13)17/h2-7H,1H3. The largest absolute Gasteiger partial charge is 0.268 e. The van der Waals surface area contributed by atoms with Crippen LogP contribution < -0.4 is 4.90 Å². The Hall–Kier alpha value is -1.76. The second-order valence-corrected chi connectivity index (χ2v) is 5.75. The third-order valence-corrected chi connectivity index (χ3v) is 4.06. The van der Waals surface area contributed by atoms with Gasteiger partial charge >= 0.3 is 0 Å². The van der Waals surface area contributed by atoms with Crippen LogP contribution in [0.4, 0.5) is 10.1 Å². The molecule has 0 N–H and O–H groups in total. The molecule has 1 aliphatic rings. The zero-order chi connectivity index (χ0) is 14.4. The van der Waals surface area contributed by atoms with Gasteiger partial charge in [0.05, 0.1) is 16.8 Å². The number of rotatable bonds is 1. The van der Waals surface area contributed by atoms with Crippen molar-refractivity contribution in [2.24, 2.45) is 0 Å². The molecule has 100 valence electrons. The van der Waals surface area contributed by atoms with E-state index in [0.717, 1.165) is 10.5 Å². The summed E-state index contributed by atoms with van der Waals surface area (Å²) in [5.41, 5.74) is 2.12. The van der Waals surface area contributed by atoms with Gasteiger partial charge in [-0.25, -0.2) is 9.29 Å². The highest BCUT2D eigenvalue weighted by molar-refractivity contribution is 14.1. The number of anilines is 1. The molecule has 0 aliphatic carbocycles. The normalized spacial score (nSPS) is 13.8. The first kappa shape index (κ1) is 13.2. The van der Waals surface area contributed by atoms with Gasteiger partial charge in [-0.2, -0.15) is 0 Å². The van der Waals surface area contributed by atoms with E-state index in [1.54, 1.807) is 18.2 Å². The summed E-state index contributed by atoms with van der Waals surface area (Å²) >= 11 is 1.92. The van der Waals surface area contributed by atoms with E-state index in [1.807, 2.05) is 29.5 Å². The lowest BCUT2D eigenvalue weighted by atomic mass is 10.1. The summed E-state index contributed by atoms with van der Waals surface area (Å²) in [6, 6.07) is 9.14. The zero-order valence-electron chi connectivity index (χ0n) is 10.5. The molecule has 0 saturated carbocycles. The summed E-state index contributed by atoms with van der Waals surface area (Å²) in [6.45, 7) is 1.86. The molecule has 5 heteroatoms. The highest BCUT2D eigenvalue weighted by Gasteiger charge is 2.37. The first-order valence-electron chi connectivity index (χ1n) is 5.93. The van der Waals surface area contributed by atoms with Crippen molar-refractivity contribution < 1.29 is 14.0 Å². The Balaban J connectivity index is 2.14. The summed E-state index contributed by atoms with van der Waals surface area (Å²) < 4.78 is 13.7. The second-order valence-electron chi connectivity index (χ2n) is 4.59. The van der Waals surface area contributed by atoms with Crippen LogP contribution in [0, 0.1) is 16.3 Å². The van der Waals surface area contributed by atoms with Crippen LogP contribution >= 0.6 is 22.6 Å². The number of halogens is 2. The molecular weight excluding hydrogens is 372 g/mol. The van der Waals surface area contributed by atoms with Crippen molar-refractivity contribution in [3.05, 3.63) is 62.5 Å². The van der Waals surface area contributed by atoms with E-state index in [4.69, 9.17) is 0 Å². The summed E-state index contributed by atoms with van der Waals surface area (Å²) in [6.07, 6.45) is 0. The van der Waals surface area contributed by atoms with E-state index in [0.29, 0.717) is 20.4 Å². The maximum atomic E-state index is 13.2. The Labute approximate surface area is 128 Å². The Kier molecular flexibility index (Phi) is 3.08. The fraction of sp³-hybridized carbons (Fsp3) is 0.0667. The number of nitrogens with zero attached hydrogens (tertiary/aromatic N) is 1. The Morgan fingerprint density at radius 3 is 2.40 bits per heavy atom. The molecule has 0 radical (unpaired) electrons. The van der Waals surface area contributed by atoms with Gasteiger partial charge in [-0.1, -0.05) is 11.6 Å². The van der Waals surface area contributed by atoms with Gasteiger partial charge in [0.25, 0.3) is 11.8 Å². The minimum atomic E-state index is -0.398. The summed E-state index contributed by atoms with van der Waals surface area (Å²) in [7, 11) is 0. The highest BCUT2D eigenvalue weighted by atomic mass is 127. The third-order valence-electron chi connectivity index (χ3n) is 3.19. The third kappa shape index (κ3) is 1.93. The molecule has 0 saturated heterocycles. The maximum Gasteiger partial charge on any atom is 0.266 e. The number of carbonyl (C=O) groups excluding carboxylic acids is 2. The number of imide groups is 1. The van der Waals surface area contributed by atoms with Crippen LogP contribution in [0.2, 0.25) is 0 Å². The van der Waals surface area contributed by atoms with Gasteiger partial charge in [-0.15, -0.1) is 0 Å². The molecule has 20 heavy (non-hydrogen) atoms. The molecular formula is C15H9FINO2. The van der Waals surface area contributed by atoms with Gasteiger partial charge in [0.2, 0.25) is 0 Å². The van der Waals surface area contributed by atoms with Crippen LogP contribution in [-0.4, -0.2) is 11.8 Å². The van der Waals surface area contributed by atoms with Gasteiger partial charge in [0.15, 0.2) is 0 Å². The SMILES string of the molecule is Cc1ccc2c(c1)C(=O)N(c1ccc(F)cc1I)C2=O. The summed E-state index contributed by atoms with van der Waals surface area (Å²) in [5, 5.41) is 0. The second kappa shape index (κ2) is 4.66. The van der Waals surface area contributed by atoms with Crippen molar-refractivity contribution >= 4 is 40.1 Å². The molecule has 0 unspecified atom stereocenters. The molecule has 2 aromatic rings. The molecule has 0 spiro atoms. The fourth-order valence-corrected chi connectivity index (χ4v) is 2.95. The van der Waals surface area contributed by atoms with Crippen LogP contribution in [-0.2, 0) is 0 Å². The van der Waals surface area contributed by atoms with Crippen molar-refractivity contribution in [2.75, 3.05) is 4.90 Å². The van der Waals surface area contributed by atoms with Gasteiger partial charge in [-0.3, -0.25) is 9.59 Å². The van der Waals surface area contributed by atoms with Gasteiger partial charge < -0.3 is 0 Å². The van der Waals surface area contributed by atoms with Crippen molar-refractivity contribution in [1.82, 2.24) is 0 Å². The summed E-state index contributed by atoms with van der Waals surface area (Å²) in [5.74, 6) is -1.13. The van der Waals surface area contributed by atoms with Crippen molar-refractivity contribution in [3.63, 3.8) is 0 Å². The van der Waals surface area contributed by atoms with Crippen LogP contribution in [0.3, 0.4) is 0 Å². The van der Waals surface area contributed by atoms with E-state index in [-0.39, 0.29) is 11.8 Å². The molecule has 3 rings (SSSR count). The molecule has 0 aromatic heterocycles. The first-order chi connectivity index (χ1) is 9.49. The molecule has 1 heterocycles. The number of amides is 2. The Morgan fingerprint density at radius 1 is 1.00 bits per heavy atom. The lowest BCUT2D eigenvalue weighted by Gasteiger charge is -2.15. The molecule has 3 nitrogen and oxygen atoms in total. The quantitative estimate of drug-likeness (QED) is 0.560. The fourth-order valence-electron chi connectivity index (χ4n) is 2.24. The first-order valence-corrected chi connectivity index (χ1v) is 7.01. The maximum absolute atomic E-state index is 13.2. The molecule has 2 aromatic carbocycles. The zero-order valence-corrected chi connectivity index (χ0v) is 12.6. The van der Waals surface area contributed by atoms with E-state index >= 15 is 0 Å². The monoisotopic (exact) mass is 381 g/mol. The van der Waals surface area contributed by atoms with Crippen LogP contribution in [0.1, 0.15) is 26.3 Å². The minimum Gasteiger partial charge on any atom is -0.268 e. The number of benzene rings is 2. The number of hydrogen-bond donors (Lipinski definition) is 0. The number of hydrogen-bond acceptors (Lipinski definition) is 2. The minimum absolute atomic E-state index is 0.363. The van der Waals surface area contributed by atoms with Crippen LogP contribution in [0.5, 0.6) is 0 Å². The number of fused-ring (bicyclic) bond motifs is 1. The molecule has 0 atom stereocenters. The van der Waals surface area contributed by atoms with E-state index < -0.39 is 5.82 Å². The van der Waals surface area contributed by atoms with E-state index in [9.17, 15) is 14.0 Å². The van der Waals surface area contributed by atoms with Gasteiger partial charge in [0, 0.05) is 3.57 Å². The molecule has 1 aliphatic heterocycles. The topological polar surface area (TPSA) is 37.4 Å². The smallest absolute Gasteiger partial charge is 0.266 e. The highest BCUT2D eigenvalue weighted by Crippen LogP contribution is 2.32. The van der Waals surface area contributed by atoms with Crippen LogP contribution in [0.15, 0.2) is 36.4 Å². The summed E-state index contributed by atoms with van der Waals surface area (Å²) in [4.78, 5) is 25.9. The Bertz CT molecular complexity index is 758. The number of carbonyl (C=O) groups is 2. The average molecular weight is 381 g/mol. The Morgan fingerprint density at radius 2 is 1.70 bits per heavy atom. The molecule has 0 bridgehead atoms. The molecule has 0 fully saturated rings. The van der Waals surface area contributed by atoms with Crippen molar-refractivity contribution in [3.8, 4) is 0 Å². The predicted octanol–water partition coefficient (Wildman–Crippen LogP) is 3.54. The van der Waals surface area contributed by atoms with Crippen molar-refractivity contribution in [2.45, 2.75) is 6.92 Å². The van der Waals surface area contributed by atoms with Crippen molar-refractivity contribution in [1.29, 1.82) is 0 Å². The average Bonchev–Trinajstić information content (AvgIpc) is 2.63. The predicted molar refractivity (Wildman–Crippen MR) is 81.4 cm³/mol. The number of aryl methyl sites for hydroxylation is 1. The van der Waals surface area contributed by atoms with Gasteiger partial charge in [-0.05, 0) is 59.8 Å². The van der Waals surface area contributed by atoms with E-state index in [2.05, 4.69) is 0 Å². The van der Waals surface area contributed by atoms with Gasteiger partial charge in [0.1, 0.15) is 5.82 Å². The van der Waals surface area contributed by atoms with Crippen LogP contribution in [0.25, 0.3) is 0 Å². The lowest BCUT2D eigenvalue weighted by molar-refractivity contribution is 0.0926. The van der Waals surface area contributed by atoms with E-state index in [1.165, 1.54) is 18.2 Å². The molecule has 2 amide bonds. The lowest BCUT2D eigenvalue weighted by Crippen LogP contribution is -2.30.